The fourth-order valence-electron chi connectivity index (χ4n) is 0.757. The Balaban J connectivity index is -0.000000240. The summed E-state index contributed by atoms with van der Waals surface area (Å²) in [5.41, 5.74) is 0. The molecule has 3 nitrogen and oxygen atoms in total. The van der Waals surface area contributed by atoms with Crippen LogP contribution in [0.15, 0.2) is 0 Å². The van der Waals surface area contributed by atoms with E-state index in [0.29, 0.717) is 12.5 Å². The zero-order valence-corrected chi connectivity index (χ0v) is 12.0. The minimum absolute atomic E-state index is 0. The maximum Gasteiger partial charge on any atom is 2.00 e. The molecule has 0 aromatic carbocycles. The SMILES string of the molecule is CC(C)COC(C)COC(C)CO.[Ca+2].[H-].[H-]. The first-order valence-corrected chi connectivity index (χ1v) is 4.90. The number of rotatable bonds is 7. The van der Waals surface area contributed by atoms with Crippen LogP contribution in [0.5, 0.6) is 0 Å². The normalized spacial score (nSPS) is 15.0. The first-order valence-electron chi connectivity index (χ1n) is 4.90. The van der Waals surface area contributed by atoms with E-state index in [1.165, 1.54) is 0 Å². The Bertz CT molecular complexity index is 129. The molecule has 0 radical (unpaired) electrons. The van der Waals surface area contributed by atoms with Crippen LogP contribution >= 0.6 is 0 Å². The zero-order valence-electron chi connectivity index (χ0n) is 11.8. The Morgan fingerprint density at radius 1 is 1.00 bits per heavy atom. The number of ether oxygens (including phenoxy) is 2. The Morgan fingerprint density at radius 2 is 1.50 bits per heavy atom. The van der Waals surface area contributed by atoms with Crippen molar-refractivity contribution in [2.75, 3.05) is 19.8 Å². The average molecular weight is 232 g/mol. The van der Waals surface area contributed by atoms with E-state index >= 15 is 0 Å². The second-order valence-corrected chi connectivity index (χ2v) is 3.86. The number of aliphatic hydroxyl groups excluding tert-OH is 1. The molecule has 0 aliphatic rings. The van der Waals surface area contributed by atoms with Gasteiger partial charge in [0.15, 0.2) is 0 Å². The molecule has 0 fully saturated rings. The van der Waals surface area contributed by atoms with Crippen LogP contribution in [0.1, 0.15) is 30.5 Å². The molecule has 0 aromatic heterocycles. The van der Waals surface area contributed by atoms with Crippen LogP contribution in [0, 0.1) is 5.92 Å². The van der Waals surface area contributed by atoms with Crippen molar-refractivity contribution in [1.29, 1.82) is 0 Å². The van der Waals surface area contributed by atoms with E-state index in [0.717, 1.165) is 6.61 Å². The Morgan fingerprint density at radius 3 is 1.93 bits per heavy atom. The summed E-state index contributed by atoms with van der Waals surface area (Å²) in [6.07, 6.45) is 0.0153. The van der Waals surface area contributed by atoms with Crippen LogP contribution in [-0.2, 0) is 9.47 Å². The van der Waals surface area contributed by atoms with Gasteiger partial charge in [-0.2, -0.15) is 0 Å². The van der Waals surface area contributed by atoms with E-state index in [1.807, 2.05) is 13.8 Å². The van der Waals surface area contributed by atoms with Crippen molar-refractivity contribution in [2.45, 2.75) is 39.9 Å². The molecule has 0 aliphatic carbocycles. The van der Waals surface area contributed by atoms with Crippen LogP contribution in [0.3, 0.4) is 0 Å². The van der Waals surface area contributed by atoms with Crippen LogP contribution in [0.2, 0.25) is 0 Å². The van der Waals surface area contributed by atoms with E-state index in [2.05, 4.69) is 13.8 Å². The number of hydrogen-bond acceptors (Lipinski definition) is 3. The average Bonchev–Trinajstić information content (AvgIpc) is 2.10. The second-order valence-electron chi connectivity index (χ2n) is 3.86. The van der Waals surface area contributed by atoms with Gasteiger partial charge in [-0.15, -0.1) is 0 Å². The maximum absolute atomic E-state index is 8.70. The van der Waals surface area contributed by atoms with Gasteiger partial charge < -0.3 is 17.4 Å². The van der Waals surface area contributed by atoms with Crippen molar-refractivity contribution in [3.63, 3.8) is 0 Å². The summed E-state index contributed by atoms with van der Waals surface area (Å²) in [6.45, 7) is 9.43. The Labute approximate surface area is 120 Å². The number of aliphatic hydroxyl groups is 1. The third kappa shape index (κ3) is 11.2. The first kappa shape index (κ1) is 17.5. The molecule has 0 spiro atoms. The summed E-state index contributed by atoms with van der Waals surface area (Å²) in [6, 6.07) is 0. The van der Waals surface area contributed by atoms with E-state index < -0.39 is 0 Å². The summed E-state index contributed by atoms with van der Waals surface area (Å²) >= 11 is 0. The van der Waals surface area contributed by atoms with Crippen molar-refractivity contribution in [3.8, 4) is 0 Å². The minimum atomic E-state index is -0.0925. The molecule has 0 heterocycles. The third-order valence-electron chi connectivity index (χ3n) is 1.59. The fourth-order valence-corrected chi connectivity index (χ4v) is 0.757. The maximum atomic E-state index is 8.70. The van der Waals surface area contributed by atoms with Crippen LogP contribution in [-0.4, -0.2) is 74.9 Å². The summed E-state index contributed by atoms with van der Waals surface area (Å²) in [5.74, 6) is 0.553. The summed E-state index contributed by atoms with van der Waals surface area (Å²) < 4.78 is 10.8. The van der Waals surface area contributed by atoms with Crippen LogP contribution < -0.4 is 0 Å². The predicted octanol–water partition coefficient (Wildman–Crippen LogP) is 1.29. The molecule has 0 amide bonds. The van der Waals surface area contributed by atoms with Crippen molar-refractivity contribution < 1.29 is 17.4 Å². The second kappa shape index (κ2) is 10.7. The molecule has 4 heteroatoms. The molecule has 0 bridgehead atoms. The van der Waals surface area contributed by atoms with E-state index in [4.69, 9.17) is 14.6 Å². The fraction of sp³-hybridized carbons (Fsp3) is 1.00. The van der Waals surface area contributed by atoms with Crippen LogP contribution in [0.25, 0.3) is 0 Å². The van der Waals surface area contributed by atoms with Gasteiger partial charge in [0.2, 0.25) is 0 Å². The van der Waals surface area contributed by atoms with E-state index in [-0.39, 0.29) is 59.4 Å². The number of hydrogen-bond donors (Lipinski definition) is 1. The molecule has 0 rings (SSSR count). The van der Waals surface area contributed by atoms with Crippen molar-refractivity contribution in [3.05, 3.63) is 0 Å². The molecule has 1 N–H and O–H groups in total. The van der Waals surface area contributed by atoms with E-state index in [1.54, 1.807) is 0 Å². The van der Waals surface area contributed by atoms with Gasteiger partial charge in [-0.25, -0.2) is 0 Å². The first-order chi connectivity index (χ1) is 6.06. The molecular weight excluding hydrogens is 208 g/mol. The standard InChI is InChI=1S/C10H22O3.Ca.2H/c1-8(2)6-12-10(4)7-13-9(3)5-11;;;/h8-11H,5-7H2,1-4H3;;;/q;+2;2*-1. The molecule has 0 saturated heterocycles. The van der Waals surface area contributed by atoms with Gasteiger partial charge in [0.25, 0.3) is 0 Å². The largest absolute Gasteiger partial charge is 2.00 e. The molecule has 84 valence electrons. The van der Waals surface area contributed by atoms with Crippen LogP contribution in [0.4, 0.5) is 0 Å². The van der Waals surface area contributed by atoms with Crippen molar-refractivity contribution in [1.82, 2.24) is 0 Å². The predicted molar refractivity (Wildman–Crippen MR) is 60.7 cm³/mol. The summed E-state index contributed by atoms with van der Waals surface area (Å²) in [5, 5.41) is 8.70. The quantitative estimate of drug-likeness (QED) is 0.672. The third-order valence-corrected chi connectivity index (χ3v) is 1.59. The van der Waals surface area contributed by atoms with Gasteiger partial charge in [-0.3, -0.25) is 0 Å². The van der Waals surface area contributed by atoms with Crippen molar-refractivity contribution in [2.24, 2.45) is 5.92 Å². The smallest absolute Gasteiger partial charge is 1.00 e. The topological polar surface area (TPSA) is 38.7 Å². The van der Waals surface area contributed by atoms with Crippen molar-refractivity contribution >= 4 is 37.7 Å². The molecule has 0 saturated carbocycles. The minimum Gasteiger partial charge on any atom is -1.00 e. The Kier molecular flexibility index (Phi) is 13.3. The molecule has 2 unspecified atom stereocenters. The van der Waals surface area contributed by atoms with Gasteiger partial charge in [0, 0.05) is 6.61 Å². The Hall–Kier alpha value is 1.14. The molecular formula is C10H24CaO3. The molecule has 0 aromatic rings. The molecule has 14 heavy (non-hydrogen) atoms. The summed E-state index contributed by atoms with van der Waals surface area (Å²) in [4.78, 5) is 0. The zero-order chi connectivity index (χ0) is 10.3. The van der Waals surface area contributed by atoms with E-state index in [9.17, 15) is 0 Å². The van der Waals surface area contributed by atoms with Gasteiger partial charge in [-0.05, 0) is 19.8 Å². The molecule has 0 aliphatic heterocycles. The monoisotopic (exact) mass is 232 g/mol. The summed E-state index contributed by atoms with van der Waals surface area (Å²) in [7, 11) is 0. The van der Waals surface area contributed by atoms with Gasteiger partial charge in [-0.1, -0.05) is 13.8 Å². The van der Waals surface area contributed by atoms with Gasteiger partial charge in [0.05, 0.1) is 25.4 Å². The van der Waals surface area contributed by atoms with Gasteiger partial charge >= 0.3 is 37.7 Å². The molecule has 2 atom stereocenters. The van der Waals surface area contributed by atoms with Gasteiger partial charge in [0.1, 0.15) is 0 Å².